The van der Waals surface area contributed by atoms with Crippen molar-refractivity contribution in [3.05, 3.63) is 74.5 Å². The predicted molar refractivity (Wildman–Crippen MR) is 111 cm³/mol. The van der Waals surface area contributed by atoms with Crippen LogP contribution in [0.5, 0.6) is 0 Å². The number of hydrogen-bond acceptors (Lipinski definition) is 2. The van der Waals surface area contributed by atoms with Gasteiger partial charge in [0.1, 0.15) is 0 Å². The van der Waals surface area contributed by atoms with Crippen molar-refractivity contribution in [2.45, 2.75) is 20.4 Å². The first-order valence-electron chi connectivity index (χ1n) is 8.15. The summed E-state index contributed by atoms with van der Waals surface area (Å²) in [5, 5.41) is 11.8. The average Bonchev–Trinajstić information content (AvgIpc) is 2.86. The van der Waals surface area contributed by atoms with Crippen molar-refractivity contribution in [3.8, 4) is 0 Å². The average molecular weight is 424 g/mol. The van der Waals surface area contributed by atoms with Crippen LogP contribution < -0.4 is 10.6 Å². The molecule has 0 aliphatic carbocycles. The number of nitrogens with zero attached hydrogens (tertiary/aromatic N) is 2. The first-order valence-corrected chi connectivity index (χ1v) is 9.29. The van der Waals surface area contributed by atoms with E-state index in [9.17, 15) is 4.79 Å². The van der Waals surface area contributed by atoms with Gasteiger partial charge in [0, 0.05) is 26.3 Å². The number of anilines is 2. The molecule has 2 N–H and O–H groups in total. The Bertz CT molecular complexity index is 980. The van der Waals surface area contributed by atoms with Gasteiger partial charge < -0.3 is 10.6 Å². The van der Waals surface area contributed by atoms with Crippen LogP contribution in [0.3, 0.4) is 0 Å². The van der Waals surface area contributed by atoms with Gasteiger partial charge in [-0.25, -0.2) is 4.79 Å². The molecule has 0 bridgehead atoms. The summed E-state index contributed by atoms with van der Waals surface area (Å²) < 4.78 is 1.76. The summed E-state index contributed by atoms with van der Waals surface area (Å²) in [5.41, 5.74) is 3.51. The third-order valence-electron chi connectivity index (χ3n) is 4.07. The molecule has 0 aliphatic rings. The van der Waals surface area contributed by atoms with Gasteiger partial charge in [0.05, 0.1) is 23.6 Å². The van der Waals surface area contributed by atoms with Gasteiger partial charge in [-0.05, 0) is 44.2 Å². The predicted octanol–water partition coefficient (Wildman–Crippen LogP) is 6.15. The van der Waals surface area contributed by atoms with Gasteiger partial charge in [-0.2, -0.15) is 5.10 Å². The van der Waals surface area contributed by atoms with Gasteiger partial charge >= 0.3 is 6.03 Å². The van der Waals surface area contributed by atoms with Crippen molar-refractivity contribution < 1.29 is 4.79 Å². The minimum absolute atomic E-state index is 0.376. The molecule has 0 atom stereocenters. The molecule has 2 amide bonds. The van der Waals surface area contributed by atoms with Crippen LogP contribution in [0.4, 0.5) is 16.2 Å². The SMILES string of the molecule is Cc1nn(Cc2c(Cl)cccc2Cl)c(C)c1NC(=O)Nc1cccc(Cl)c1. The van der Waals surface area contributed by atoms with Crippen LogP contribution in [0, 0.1) is 13.8 Å². The number of amides is 2. The molecule has 1 aromatic heterocycles. The zero-order valence-electron chi connectivity index (χ0n) is 14.7. The number of carbonyl (C=O) groups is 1. The number of aryl methyl sites for hydroxylation is 1. The van der Waals surface area contributed by atoms with Gasteiger partial charge in [-0.1, -0.05) is 46.9 Å². The minimum Gasteiger partial charge on any atom is -0.308 e. The van der Waals surface area contributed by atoms with E-state index in [0.29, 0.717) is 38.7 Å². The summed E-state index contributed by atoms with van der Waals surface area (Å²) >= 11 is 18.4. The second-order valence-electron chi connectivity index (χ2n) is 5.99. The van der Waals surface area contributed by atoms with E-state index in [1.807, 2.05) is 13.8 Å². The number of halogens is 3. The highest BCUT2D eigenvalue weighted by Crippen LogP contribution is 2.27. The van der Waals surface area contributed by atoms with Crippen LogP contribution in [0.2, 0.25) is 15.1 Å². The highest BCUT2D eigenvalue weighted by molar-refractivity contribution is 6.36. The molecule has 3 aromatic rings. The van der Waals surface area contributed by atoms with E-state index in [4.69, 9.17) is 34.8 Å². The molecule has 140 valence electrons. The van der Waals surface area contributed by atoms with Gasteiger partial charge in [-0.3, -0.25) is 4.68 Å². The van der Waals surface area contributed by atoms with Gasteiger partial charge in [-0.15, -0.1) is 0 Å². The standard InChI is InChI=1S/C19H17Cl3N4O/c1-11-18(24-19(27)23-14-6-3-5-13(20)9-14)12(2)26(25-11)10-15-16(21)7-4-8-17(15)22/h3-9H,10H2,1-2H3,(H2,23,24,27). The molecule has 1 heterocycles. The second-order valence-corrected chi connectivity index (χ2v) is 7.24. The first-order chi connectivity index (χ1) is 12.8. The normalized spacial score (nSPS) is 10.7. The molecule has 0 saturated heterocycles. The number of hydrogen-bond donors (Lipinski definition) is 2. The topological polar surface area (TPSA) is 59.0 Å². The zero-order valence-corrected chi connectivity index (χ0v) is 17.0. The van der Waals surface area contributed by atoms with Crippen LogP contribution in [-0.4, -0.2) is 15.8 Å². The monoisotopic (exact) mass is 422 g/mol. The quantitative estimate of drug-likeness (QED) is 0.528. The van der Waals surface area contributed by atoms with E-state index in [-0.39, 0.29) is 6.03 Å². The van der Waals surface area contributed by atoms with Gasteiger partial charge in [0.25, 0.3) is 0 Å². The Morgan fingerprint density at radius 3 is 2.37 bits per heavy atom. The molecule has 0 fully saturated rings. The summed E-state index contributed by atoms with van der Waals surface area (Å²) in [6.45, 7) is 4.11. The summed E-state index contributed by atoms with van der Waals surface area (Å²) in [6, 6.07) is 11.9. The minimum atomic E-state index is -0.376. The maximum absolute atomic E-state index is 12.3. The lowest BCUT2D eigenvalue weighted by Crippen LogP contribution is -2.20. The number of aromatic nitrogens is 2. The van der Waals surface area contributed by atoms with E-state index in [1.54, 1.807) is 47.1 Å². The van der Waals surface area contributed by atoms with Gasteiger partial charge in [0.15, 0.2) is 0 Å². The Morgan fingerprint density at radius 2 is 1.70 bits per heavy atom. The van der Waals surface area contributed by atoms with Crippen molar-refractivity contribution >= 4 is 52.2 Å². The fraction of sp³-hybridized carbons (Fsp3) is 0.158. The number of carbonyl (C=O) groups excluding carboxylic acids is 1. The lowest BCUT2D eigenvalue weighted by atomic mass is 10.2. The molecule has 0 spiro atoms. The molecule has 2 aromatic carbocycles. The first kappa shape index (κ1) is 19.5. The van der Waals surface area contributed by atoms with Crippen LogP contribution >= 0.6 is 34.8 Å². The molecule has 0 saturated carbocycles. The van der Waals surface area contributed by atoms with Crippen molar-refractivity contribution in [1.82, 2.24) is 9.78 Å². The largest absolute Gasteiger partial charge is 0.323 e. The molecule has 27 heavy (non-hydrogen) atoms. The van der Waals surface area contributed by atoms with Crippen molar-refractivity contribution in [2.75, 3.05) is 10.6 Å². The molecular formula is C19H17Cl3N4O. The van der Waals surface area contributed by atoms with Crippen LogP contribution in [-0.2, 0) is 6.54 Å². The number of nitrogens with one attached hydrogen (secondary N) is 2. The lowest BCUT2D eigenvalue weighted by molar-refractivity contribution is 0.262. The fourth-order valence-corrected chi connectivity index (χ4v) is 3.41. The molecule has 8 heteroatoms. The maximum atomic E-state index is 12.3. The third-order valence-corrected chi connectivity index (χ3v) is 5.02. The number of rotatable bonds is 4. The maximum Gasteiger partial charge on any atom is 0.323 e. The summed E-state index contributed by atoms with van der Waals surface area (Å²) in [5.74, 6) is 0. The summed E-state index contributed by atoms with van der Waals surface area (Å²) in [4.78, 5) is 12.3. The highest BCUT2D eigenvalue weighted by atomic mass is 35.5. The Balaban J connectivity index is 1.78. The van der Waals surface area contributed by atoms with E-state index < -0.39 is 0 Å². The van der Waals surface area contributed by atoms with Crippen molar-refractivity contribution in [1.29, 1.82) is 0 Å². The third kappa shape index (κ3) is 4.56. The fourth-order valence-electron chi connectivity index (χ4n) is 2.71. The molecular weight excluding hydrogens is 407 g/mol. The second kappa shape index (κ2) is 8.21. The van der Waals surface area contributed by atoms with E-state index in [0.717, 1.165) is 11.3 Å². The Morgan fingerprint density at radius 1 is 1.04 bits per heavy atom. The van der Waals surface area contributed by atoms with E-state index in [1.165, 1.54) is 0 Å². The Kier molecular flexibility index (Phi) is 5.95. The number of urea groups is 1. The Labute approximate surface area is 172 Å². The number of benzene rings is 2. The molecule has 0 radical (unpaired) electrons. The van der Waals surface area contributed by atoms with E-state index in [2.05, 4.69) is 15.7 Å². The molecule has 3 rings (SSSR count). The lowest BCUT2D eigenvalue weighted by Gasteiger charge is -2.10. The summed E-state index contributed by atoms with van der Waals surface area (Å²) in [7, 11) is 0. The molecule has 0 unspecified atom stereocenters. The Hall–Kier alpha value is -2.21. The van der Waals surface area contributed by atoms with Crippen molar-refractivity contribution in [3.63, 3.8) is 0 Å². The van der Waals surface area contributed by atoms with Gasteiger partial charge in [0.2, 0.25) is 0 Å². The van der Waals surface area contributed by atoms with Crippen LogP contribution in [0.25, 0.3) is 0 Å². The molecule has 0 aliphatic heterocycles. The van der Waals surface area contributed by atoms with Crippen LogP contribution in [0.15, 0.2) is 42.5 Å². The summed E-state index contributed by atoms with van der Waals surface area (Å²) in [6.07, 6.45) is 0. The van der Waals surface area contributed by atoms with E-state index >= 15 is 0 Å². The highest BCUT2D eigenvalue weighted by Gasteiger charge is 2.16. The zero-order chi connectivity index (χ0) is 19.6. The molecule has 5 nitrogen and oxygen atoms in total. The smallest absolute Gasteiger partial charge is 0.308 e. The van der Waals surface area contributed by atoms with Crippen molar-refractivity contribution in [2.24, 2.45) is 0 Å². The van der Waals surface area contributed by atoms with Crippen LogP contribution in [0.1, 0.15) is 17.0 Å².